The summed E-state index contributed by atoms with van der Waals surface area (Å²) in [5, 5.41) is 0. The summed E-state index contributed by atoms with van der Waals surface area (Å²) in [5.74, 6) is -1.09. The van der Waals surface area contributed by atoms with Crippen LogP contribution in [-0.2, 0) is 9.84 Å². The van der Waals surface area contributed by atoms with Crippen molar-refractivity contribution < 1.29 is 22.0 Å². The number of aromatic nitrogens is 1. The van der Waals surface area contributed by atoms with Gasteiger partial charge in [0.15, 0.2) is 15.6 Å². The zero-order chi connectivity index (χ0) is 19.1. The first-order valence-corrected chi connectivity index (χ1v) is 11.0. The van der Waals surface area contributed by atoms with Crippen LogP contribution in [0.1, 0.15) is 34.2 Å². The number of halogens is 2. The van der Waals surface area contributed by atoms with Crippen molar-refractivity contribution in [1.29, 1.82) is 0 Å². The van der Waals surface area contributed by atoms with Crippen LogP contribution in [0.2, 0.25) is 0 Å². The molecule has 1 aromatic heterocycles. The van der Waals surface area contributed by atoms with E-state index in [1.54, 1.807) is 13.0 Å². The number of benzene rings is 1. The Kier molecular flexibility index (Phi) is 5.25. The van der Waals surface area contributed by atoms with Crippen LogP contribution in [0.15, 0.2) is 29.2 Å². The maximum absolute atomic E-state index is 13.7. The largest absolute Gasteiger partial charge is 0.344 e. The quantitative estimate of drug-likeness (QED) is 0.568. The molecule has 0 spiro atoms. The van der Waals surface area contributed by atoms with Crippen molar-refractivity contribution >= 4 is 27.4 Å². The lowest BCUT2D eigenvalue weighted by molar-refractivity contribution is 0.102. The molecule has 1 saturated heterocycles. The lowest BCUT2D eigenvalue weighted by atomic mass is 10.2. The van der Waals surface area contributed by atoms with Gasteiger partial charge in [-0.25, -0.2) is 17.2 Å². The number of ketones is 1. The fourth-order valence-electron chi connectivity index (χ4n) is 3.41. The van der Waals surface area contributed by atoms with Gasteiger partial charge in [0.2, 0.25) is 0 Å². The van der Waals surface area contributed by atoms with Crippen molar-refractivity contribution in [3.8, 4) is 0 Å². The highest BCUT2D eigenvalue weighted by molar-refractivity contribution is 8.00. The molecule has 4 nitrogen and oxygen atoms in total. The Labute approximate surface area is 155 Å². The van der Waals surface area contributed by atoms with Crippen LogP contribution < -0.4 is 0 Å². The summed E-state index contributed by atoms with van der Waals surface area (Å²) in [6, 6.07) is 4.72. The molecule has 1 aliphatic rings. The molecule has 8 heteroatoms. The van der Waals surface area contributed by atoms with E-state index in [4.69, 9.17) is 0 Å². The minimum Gasteiger partial charge on any atom is -0.344 e. The molecular formula is C18H19F2NO3S2. The van der Waals surface area contributed by atoms with E-state index in [9.17, 15) is 22.0 Å². The van der Waals surface area contributed by atoms with E-state index in [2.05, 4.69) is 0 Å². The molecule has 1 aliphatic heterocycles. The maximum Gasteiger partial charge on any atom is 0.174 e. The van der Waals surface area contributed by atoms with Crippen LogP contribution in [0.4, 0.5) is 8.78 Å². The number of thioether (sulfide) groups is 1. The normalized spacial score (nSPS) is 19.0. The van der Waals surface area contributed by atoms with Gasteiger partial charge in [0.1, 0.15) is 11.6 Å². The van der Waals surface area contributed by atoms with Crippen molar-refractivity contribution in [2.75, 3.05) is 17.3 Å². The predicted octanol–water partition coefficient (Wildman–Crippen LogP) is 3.72. The molecule has 2 aromatic rings. The third-order valence-corrected chi connectivity index (χ3v) is 7.39. The Morgan fingerprint density at radius 2 is 2.00 bits per heavy atom. The van der Waals surface area contributed by atoms with Crippen LogP contribution >= 0.6 is 11.8 Å². The van der Waals surface area contributed by atoms with Crippen molar-refractivity contribution in [3.63, 3.8) is 0 Å². The van der Waals surface area contributed by atoms with Gasteiger partial charge in [-0.1, -0.05) is 0 Å². The Morgan fingerprint density at radius 1 is 1.27 bits per heavy atom. The van der Waals surface area contributed by atoms with Crippen LogP contribution in [-0.4, -0.2) is 36.0 Å². The Balaban J connectivity index is 1.78. The molecule has 2 heterocycles. The standard InChI is InChI=1S/C18H19F2NO3S2/c1-11-7-15(12(2)21(11)14-5-6-26(23,24)10-14)17(22)9-25-18-8-13(19)3-4-16(18)20/h3-4,7-8,14H,5-6,9-10H2,1-2H3/t14-/m1/s1. The SMILES string of the molecule is Cc1cc(C(=O)CSc2cc(F)ccc2F)c(C)n1[C@@H]1CCS(=O)(=O)C1. The molecule has 3 rings (SSSR count). The number of aryl methyl sites for hydroxylation is 1. The number of hydrogen-bond acceptors (Lipinski definition) is 4. The lowest BCUT2D eigenvalue weighted by Gasteiger charge is -2.16. The van der Waals surface area contributed by atoms with Gasteiger partial charge in [0.05, 0.1) is 17.3 Å². The number of carbonyl (C=O) groups excluding carboxylic acids is 1. The van der Waals surface area contributed by atoms with E-state index >= 15 is 0 Å². The Bertz CT molecular complexity index is 967. The van der Waals surface area contributed by atoms with Crippen molar-refractivity contribution in [1.82, 2.24) is 4.57 Å². The van der Waals surface area contributed by atoms with Gasteiger partial charge >= 0.3 is 0 Å². The summed E-state index contributed by atoms with van der Waals surface area (Å²) in [6.07, 6.45) is 0.537. The number of nitrogens with zero attached hydrogens (tertiary/aromatic N) is 1. The van der Waals surface area contributed by atoms with Crippen molar-refractivity contribution in [2.24, 2.45) is 0 Å². The molecule has 26 heavy (non-hydrogen) atoms. The van der Waals surface area contributed by atoms with Gasteiger partial charge in [0.25, 0.3) is 0 Å². The third kappa shape index (κ3) is 3.86. The monoisotopic (exact) mass is 399 g/mol. The van der Waals surface area contributed by atoms with E-state index in [0.29, 0.717) is 12.0 Å². The van der Waals surface area contributed by atoms with Gasteiger partial charge in [-0.3, -0.25) is 4.79 Å². The lowest BCUT2D eigenvalue weighted by Crippen LogP contribution is -2.14. The topological polar surface area (TPSA) is 56.1 Å². The summed E-state index contributed by atoms with van der Waals surface area (Å²) >= 11 is 0.950. The zero-order valence-corrected chi connectivity index (χ0v) is 16.1. The van der Waals surface area contributed by atoms with E-state index in [1.165, 1.54) is 0 Å². The van der Waals surface area contributed by atoms with Gasteiger partial charge in [-0.05, 0) is 44.5 Å². The summed E-state index contributed by atoms with van der Waals surface area (Å²) in [7, 11) is -3.03. The van der Waals surface area contributed by atoms with Crippen LogP contribution in [0.3, 0.4) is 0 Å². The van der Waals surface area contributed by atoms with Crippen LogP contribution in [0, 0.1) is 25.5 Å². The summed E-state index contributed by atoms with van der Waals surface area (Å²) in [6.45, 7) is 3.63. The minimum atomic E-state index is -3.03. The fraction of sp³-hybridized carbons (Fsp3) is 0.389. The molecule has 0 aliphatic carbocycles. The predicted molar refractivity (Wildman–Crippen MR) is 97.6 cm³/mol. The second-order valence-electron chi connectivity index (χ2n) is 6.50. The molecule has 0 amide bonds. The molecule has 0 radical (unpaired) electrons. The highest BCUT2D eigenvalue weighted by Crippen LogP contribution is 2.30. The number of sulfone groups is 1. The van der Waals surface area contributed by atoms with Gasteiger partial charge < -0.3 is 4.57 Å². The molecule has 0 saturated carbocycles. The molecule has 140 valence electrons. The average molecular weight is 399 g/mol. The summed E-state index contributed by atoms with van der Waals surface area (Å²) in [4.78, 5) is 12.7. The van der Waals surface area contributed by atoms with Gasteiger partial charge in [-0.2, -0.15) is 0 Å². The summed E-state index contributed by atoms with van der Waals surface area (Å²) in [5.41, 5.74) is 2.04. The zero-order valence-electron chi connectivity index (χ0n) is 14.5. The second-order valence-corrected chi connectivity index (χ2v) is 9.74. The first kappa shape index (κ1) is 19.1. The Hall–Kier alpha value is -1.67. The van der Waals surface area contributed by atoms with Crippen LogP contribution in [0.5, 0.6) is 0 Å². The first-order chi connectivity index (χ1) is 12.2. The van der Waals surface area contributed by atoms with Gasteiger partial charge in [-0.15, -0.1) is 11.8 Å². The molecule has 1 atom stereocenters. The second kappa shape index (κ2) is 7.15. The highest BCUT2D eigenvalue weighted by atomic mass is 32.2. The van der Waals surface area contributed by atoms with Crippen molar-refractivity contribution in [2.45, 2.75) is 31.2 Å². The van der Waals surface area contributed by atoms with E-state index < -0.39 is 21.5 Å². The third-order valence-electron chi connectivity index (χ3n) is 4.61. The number of hydrogen-bond donors (Lipinski definition) is 0. The van der Waals surface area contributed by atoms with E-state index in [0.717, 1.165) is 41.3 Å². The molecule has 0 bridgehead atoms. The molecular weight excluding hydrogens is 380 g/mol. The highest BCUT2D eigenvalue weighted by Gasteiger charge is 2.31. The van der Waals surface area contributed by atoms with Crippen molar-refractivity contribution in [3.05, 3.63) is 52.9 Å². The molecule has 0 N–H and O–H groups in total. The number of carbonyl (C=O) groups is 1. The van der Waals surface area contributed by atoms with Crippen LogP contribution in [0.25, 0.3) is 0 Å². The number of rotatable bonds is 5. The molecule has 0 unspecified atom stereocenters. The molecule has 1 fully saturated rings. The van der Waals surface area contributed by atoms with Gasteiger partial charge in [0, 0.05) is 27.9 Å². The maximum atomic E-state index is 13.7. The van der Waals surface area contributed by atoms with E-state index in [1.807, 2.05) is 11.5 Å². The molecule has 1 aromatic carbocycles. The fourth-order valence-corrected chi connectivity index (χ4v) is 5.95. The minimum absolute atomic E-state index is 0.0202. The smallest absolute Gasteiger partial charge is 0.174 e. The summed E-state index contributed by atoms with van der Waals surface area (Å²) < 4.78 is 52.3. The average Bonchev–Trinajstić information content (AvgIpc) is 3.06. The Morgan fingerprint density at radius 3 is 2.65 bits per heavy atom. The van der Waals surface area contributed by atoms with E-state index in [-0.39, 0.29) is 34.0 Å². The first-order valence-electron chi connectivity index (χ1n) is 8.18. The number of Topliss-reactive ketones (excluding diaryl/α,β-unsaturated/α-hetero) is 1.